The van der Waals surface area contributed by atoms with Crippen molar-refractivity contribution in [2.75, 3.05) is 33.3 Å². The van der Waals surface area contributed by atoms with Gasteiger partial charge in [-0.05, 0) is 37.9 Å². The number of para-hydroxylation sites is 1. The van der Waals surface area contributed by atoms with Gasteiger partial charge in [-0.2, -0.15) is 0 Å². The Kier molecular flexibility index (Phi) is 7.36. The minimum Gasteiger partial charge on any atom is -0.492 e. The van der Waals surface area contributed by atoms with Crippen LogP contribution in [0.1, 0.15) is 25.7 Å². The molecule has 0 spiro atoms. The first-order chi connectivity index (χ1) is 11.1. The second kappa shape index (κ2) is 9.53. The van der Waals surface area contributed by atoms with Gasteiger partial charge in [-0.1, -0.05) is 31.0 Å². The lowest BCUT2D eigenvalue weighted by atomic mass is 9.86. The number of nitrogens with zero attached hydrogens (tertiary/aromatic N) is 1. The molecule has 23 heavy (non-hydrogen) atoms. The summed E-state index contributed by atoms with van der Waals surface area (Å²) in [5, 5.41) is 12.9. The maximum Gasteiger partial charge on any atom is 0.234 e. The van der Waals surface area contributed by atoms with E-state index in [9.17, 15) is 9.90 Å². The quantitative estimate of drug-likeness (QED) is 0.715. The van der Waals surface area contributed by atoms with Gasteiger partial charge in [-0.25, -0.2) is 0 Å². The van der Waals surface area contributed by atoms with E-state index in [-0.39, 0.29) is 12.0 Å². The minimum absolute atomic E-state index is 0.00513. The average molecular weight is 320 g/mol. The Morgan fingerprint density at radius 3 is 2.78 bits per heavy atom. The van der Waals surface area contributed by atoms with Gasteiger partial charge in [0.05, 0.1) is 19.2 Å². The van der Waals surface area contributed by atoms with E-state index >= 15 is 0 Å². The molecule has 0 bridgehead atoms. The number of aliphatic hydroxyl groups is 1. The third-order valence-corrected chi connectivity index (χ3v) is 4.26. The average Bonchev–Trinajstić information content (AvgIpc) is 2.55. The van der Waals surface area contributed by atoms with Crippen molar-refractivity contribution >= 4 is 5.91 Å². The SMILES string of the molecule is CN(CC(=O)NCCOc1ccccc1)CC1CCCCC1O. The van der Waals surface area contributed by atoms with Crippen LogP contribution in [0.15, 0.2) is 30.3 Å². The first-order valence-electron chi connectivity index (χ1n) is 8.46. The van der Waals surface area contributed by atoms with Gasteiger partial charge in [-0.3, -0.25) is 9.69 Å². The van der Waals surface area contributed by atoms with Crippen LogP contribution < -0.4 is 10.1 Å². The number of carbonyl (C=O) groups excluding carboxylic acids is 1. The predicted molar refractivity (Wildman–Crippen MR) is 90.4 cm³/mol. The van der Waals surface area contributed by atoms with Crippen LogP contribution in [0.2, 0.25) is 0 Å². The lowest BCUT2D eigenvalue weighted by molar-refractivity contribution is -0.122. The summed E-state index contributed by atoms with van der Waals surface area (Å²) in [4.78, 5) is 13.9. The van der Waals surface area contributed by atoms with Crippen molar-refractivity contribution in [3.8, 4) is 5.75 Å². The monoisotopic (exact) mass is 320 g/mol. The molecule has 2 atom stereocenters. The smallest absolute Gasteiger partial charge is 0.234 e. The van der Waals surface area contributed by atoms with Gasteiger partial charge >= 0.3 is 0 Å². The summed E-state index contributed by atoms with van der Waals surface area (Å²) in [5.74, 6) is 1.10. The van der Waals surface area contributed by atoms with Crippen LogP contribution >= 0.6 is 0 Å². The summed E-state index contributed by atoms with van der Waals surface area (Å²) >= 11 is 0. The largest absolute Gasteiger partial charge is 0.492 e. The normalized spacial score (nSPS) is 21.2. The van der Waals surface area contributed by atoms with E-state index in [1.807, 2.05) is 42.3 Å². The lowest BCUT2D eigenvalue weighted by Crippen LogP contribution is -2.41. The van der Waals surface area contributed by atoms with Gasteiger partial charge in [0.15, 0.2) is 0 Å². The molecule has 1 aromatic carbocycles. The van der Waals surface area contributed by atoms with Gasteiger partial charge in [0.25, 0.3) is 0 Å². The molecule has 0 aromatic heterocycles. The van der Waals surface area contributed by atoms with Gasteiger partial charge in [0.1, 0.15) is 12.4 Å². The standard InChI is InChI=1S/C18H28N2O3/c1-20(13-15-7-5-6-10-17(15)21)14-18(22)19-11-12-23-16-8-3-2-4-9-16/h2-4,8-9,15,17,21H,5-7,10-14H2,1H3,(H,19,22). The molecule has 2 unspecified atom stereocenters. The van der Waals surface area contributed by atoms with Crippen LogP contribution in [0.25, 0.3) is 0 Å². The van der Waals surface area contributed by atoms with Crippen LogP contribution in [-0.4, -0.2) is 55.3 Å². The number of hydrogen-bond donors (Lipinski definition) is 2. The van der Waals surface area contributed by atoms with Crippen LogP contribution in [0.4, 0.5) is 0 Å². The Balaban J connectivity index is 1.58. The van der Waals surface area contributed by atoms with Gasteiger partial charge < -0.3 is 15.2 Å². The topological polar surface area (TPSA) is 61.8 Å². The molecule has 5 nitrogen and oxygen atoms in total. The number of aliphatic hydroxyl groups excluding tert-OH is 1. The zero-order chi connectivity index (χ0) is 16.5. The number of amides is 1. The fraction of sp³-hybridized carbons (Fsp3) is 0.611. The molecular weight excluding hydrogens is 292 g/mol. The number of nitrogens with one attached hydrogen (secondary N) is 1. The molecule has 2 N–H and O–H groups in total. The molecule has 1 aliphatic rings. The molecule has 0 saturated heterocycles. The number of ether oxygens (including phenoxy) is 1. The first-order valence-corrected chi connectivity index (χ1v) is 8.46. The van der Waals surface area contributed by atoms with Crippen molar-refractivity contribution in [1.29, 1.82) is 0 Å². The van der Waals surface area contributed by atoms with Crippen molar-refractivity contribution in [1.82, 2.24) is 10.2 Å². The van der Waals surface area contributed by atoms with E-state index in [1.165, 1.54) is 6.42 Å². The summed E-state index contributed by atoms with van der Waals surface area (Å²) in [5.41, 5.74) is 0. The Bertz CT molecular complexity index is 467. The van der Waals surface area contributed by atoms with Crippen LogP contribution in [0, 0.1) is 5.92 Å². The van der Waals surface area contributed by atoms with Gasteiger partial charge in [0, 0.05) is 6.54 Å². The molecule has 128 valence electrons. The van der Waals surface area contributed by atoms with E-state index < -0.39 is 0 Å². The van der Waals surface area contributed by atoms with Crippen molar-refractivity contribution in [3.63, 3.8) is 0 Å². The molecule has 5 heteroatoms. The molecule has 1 amide bonds. The maximum absolute atomic E-state index is 11.9. The number of benzene rings is 1. The molecule has 0 radical (unpaired) electrons. The van der Waals surface area contributed by atoms with Crippen LogP contribution in [-0.2, 0) is 4.79 Å². The summed E-state index contributed by atoms with van der Waals surface area (Å²) in [7, 11) is 1.93. The van der Waals surface area contributed by atoms with Gasteiger partial charge in [-0.15, -0.1) is 0 Å². The van der Waals surface area contributed by atoms with E-state index in [2.05, 4.69) is 5.32 Å². The van der Waals surface area contributed by atoms with E-state index in [0.717, 1.165) is 31.6 Å². The Hall–Kier alpha value is -1.59. The highest BCUT2D eigenvalue weighted by atomic mass is 16.5. The van der Waals surface area contributed by atoms with E-state index in [0.29, 0.717) is 25.6 Å². The van der Waals surface area contributed by atoms with Crippen molar-refractivity contribution in [2.24, 2.45) is 5.92 Å². The predicted octanol–water partition coefficient (Wildman–Crippen LogP) is 1.66. The number of likely N-dealkylation sites (N-methyl/N-ethyl adjacent to an activating group) is 1. The fourth-order valence-electron chi connectivity index (χ4n) is 3.04. The summed E-state index contributed by atoms with van der Waals surface area (Å²) in [6, 6.07) is 9.56. The minimum atomic E-state index is -0.214. The van der Waals surface area contributed by atoms with Crippen molar-refractivity contribution < 1.29 is 14.6 Å². The molecule has 1 aromatic rings. The molecule has 1 saturated carbocycles. The molecule has 0 aliphatic heterocycles. The highest BCUT2D eigenvalue weighted by molar-refractivity contribution is 5.77. The summed E-state index contributed by atoms with van der Waals surface area (Å²) in [6.45, 7) is 2.08. The Morgan fingerprint density at radius 2 is 2.04 bits per heavy atom. The Labute approximate surface area is 138 Å². The Morgan fingerprint density at radius 1 is 1.30 bits per heavy atom. The first kappa shape index (κ1) is 17.8. The third kappa shape index (κ3) is 6.59. The van der Waals surface area contributed by atoms with Gasteiger partial charge in [0.2, 0.25) is 5.91 Å². The number of carbonyl (C=O) groups is 1. The molecule has 0 heterocycles. The molecule has 1 fully saturated rings. The highest BCUT2D eigenvalue weighted by Crippen LogP contribution is 2.24. The summed E-state index contributed by atoms with van der Waals surface area (Å²) in [6.07, 6.45) is 4.02. The van der Waals surface area contributed by atoms with Crippen molar-refractivity contribution in [2.45, 2.75) is 31.8 Å². The van der Waals surface area contributed by atoms with Crippen LogP contribution in [0.5, 0.6) is 5.75 Å². The van der Waals surface area contributed by atoms with E-state index in [4.69, 9.17) is 4.74 Å². The second-order valence-corrected chi connectivity index (χ2v) is 6.32. The molecule has 1 aliphatic carbocycles. The number of rotatable bonds is 8. The lowest BCUT2D eigenvalue weighted by Gasteiger charge is -2.30. The van der Waals surface area contributed by atoms with E-state index in [1.54, 1.807) is 0 Å². The summed E-state index contributed by atoms with van der Waals surface area (Å²) < 4.78 is 5.54. The molecule has 2 rings (SSSR count). The molecular formula is C18H28N2O3. The maximum atomic E-state index is 11.9. The fourth-order valence-corrected chi connectivity index (χ4v) is 3.04. The highest BCUT2D eigenvalue weighted by Gasteiger charge is 2.24. The zero-order valence-electron chi connectivity index (χ0n) is 13.9. The third-order valence-electron chi connectivity index (χ3n) is 4.26. The zero-order valence-corrected chi connectivity index (χ0v) is 13.9. The number of hydrogen-bond acceptors (Lipinski definition) is 4. The van der Waals surface area contributed by atoms with Crippen molar-refractivity contribution in [3.05, 3.63) is 30.3 Å². The van der Waals surface area contributed by atoms with Crippen LogP contribution in [0.3, 0.4) is 0 Å². The second-order valence-electron chi connectivity index (χ2n) is 6.32.